The van der Waals surface area contributed by atoms with Crippen molar-refractivity contribution in [1.82, 2.24) is 20.6 Å². The number of hydrogen-bond donors (Lipinski definition) is 4. The first-order valence-corrected chi connectivity index (χ1v) is 6.48. The lowest BCUT2D eigenvalue weighted by Crippen LogP contribution is -2.43. The monoisotopic (exact) mass is 284 g/mol. The third-order valence-corrected chi connectivity index (χ3v) is 2.60. The van der Waals surface area contributed by atoms with Gasteiger partial charge in [-0.05, 0) is 13.8 Å². The molecule has 8 nitrogen and oxygen atoms in total. The number of carbonyl (C=O) groups excluding carboxylic acids is 2. The van der Waals surface area contributed by atoms with Crippen molar-refractivity contribution in [1.29, 1.82) is 0 Å². The molecule has 1 aromatic rings. The third kappa shape index (κ3) is 5.91. The van der Waals surface area contributed by atoms with Crippen LogP contribution < -0.4 is 22.1 Å². The molecule has 1 rings (SSSR count). The smallest absolute Gasteiger partial charge is 0.321 e. The average Bonchev–Trinajstić information content (AvgIpc) is 2.23. The van der Waals surface area contributed by atoms with Crippen LogP contribution in [0.1, 0.15) is 13.8 Å². The number of nitrogens with two attached hydrogens (primary N) is 2. The molecule has 0 saturated heterocycles. The molecule has 0 aliphatic heterocycles. The quantitative estimate of drug-likeness (QED) is 0.450. The molecule has 1 heterocycles. The molecular formula is C10H16N6O2S. The summed E-state index contributed by atoms with van der Waals surface area (Å²) in [5.41, 5.74) is 11.0. The minimum absolute atomic E-state index is 0.00555. The maximum absolute atomic E-state index is 11.5. The number of nitrogens with one attached hydrogen (secondary N) is 2. The minimum Gasteiger partial charge on any atom is -0.383 e. The molecule has 0 bridgehead atoms. The van der Waals surface area contributed by atoms with Gasteiger partial charge in [0, 0.05) is 12.1 Å². The number of nitrogens with zero attached hydrogens (tertiary/aromatic N) is 2. The number of rotatable bonds is 4. The van der Waals surface area contributed by atoms with Gasteiger partial charge in [0.1, 0.15) is 11.6 Å². The highest BCUT2D eigenvalue weighted by atomic mass is 32.2. The molecule has 9 heteroatoms. The van der Waals surface area contributed by atoms with Gasteiger partial charge < -0.3 is 16.8 Å². The fraction of sp³-hybridized carbons (Fsp3) is 0.400. The van der Waals surface area contributed by atoms with Gasteiger partial charge in [-0.2, -0.15) is 0 Å². The van der Waals surface area contributed by atoms with E-state index in [1.54, 1.807) is 13.8 Å². The van der Waals surface area contributed by atoms with Gasteiger partial charge in [-0.15, -0.1) is 0 Å². The molecule has 0 spiro atoms. The maximum Gasteiger partial charge on any atom is 0.321 e. The highest BCUT2D eigenvalue weighted by Gasteiger charge is 2.10. The van der Waals surface area contributed by atoms with Crippen molar-refractivity contribution in [2.24, 2.45) is 0 Å². The predicted octanol–water partition coefficient (Wildman–Crippen LogP) is -0.0327. The fourth-order valence-corrected chi connectivity index (χ4v) is 1.79. The van der Waals surface area contributed by atoms with Crippen LogP contribution in [0, 0.1) is 0 Å². The lowest BCUT2D eigenvalue weighted by molar-refractivity contribution is -0.117. The van der Waals surface area contributed by atoms with Gasteiger partial charge in [-0.25, -0.2) is 14.8 Å². The summed E-state index contributed by atoms with van der Waals surface area (Å²) >= 11 is 1.04. The first kappa shape index (κ1) is 15.0. The zero-order chi connectivity index (χ0) is 14.4. The van der Waals surface area contributed by atoms with Crippen molar-refractivity contribution in [2.75, 3.05) is 17.2 Å². The lowest BCUT2D eigenvalue weighted by atomic mass is 10.4. The summed E-state index contributed by atoms with van der Waals surface area (Å²) in [5.74, 6) is 0.00248. The Morgan fingerprint density at radius 3 is 2.42 bits per heavy atom. The second kappa shape index (κ2) is 6.78. The van der Waals surface area contributed by atoms with Crippen LogP contribution in [-0.2, 0) is 4.79 Å². The summed E-state index contributed by atoms with van der Waals surface area (Å²) in [5, 5.41) is 5.01. The van der Waals surface area contributed by atoms with Gasteiger partial charge in [0.25, 0.3) is 0 Å². The number of imide groups is 1. The molecule has 0 aliphatic carbocycles. The Morgan fingerprint density at radius 2 is 1.89 bits per heavy atom. The van der Waals surface area contributed by atoms with Crippen molar-refractivity contribution in [2.45, 2.75) is 25.0 Å². The molecule has 0 fully saturated rings. The zero-order valence-corrected chi connectivity index (χ0v) is 11.5. The average molecular weight is 284 g/mol. The van der Waals surface area contributed by atoms with Gasteiger partial charge >= 0.3 is 6.03 Å². The van der Waals surface area contributed by atoms with Crippen molar-refractivity contribution >= 4 is 35.3 Å². The molecule has 0 aliphatic rings. The van der Waals surface area contributed by atoms with Crippen molar-refractivity contribution < 1.29 is 9.59 Å². The second-order valence-electron chi connectivity index (χ2n) is 3.97. The Morgan fingerprint density at radius 1 is 1.32 bits per heavy atom. The van der Waals surface area contributed by atoms with E-state index in [4.69, 9.17) is 11.5 Å². The molecule has 104 valence electrons. The first-order valence-electron chi connectivity index (χ1n) is 5.50. The van der Waals surface area contributed by atoms with E-state index in [0.717, 1.165) is 11.8 Å². The van der Waals surface area contributed by atoms with Crippen LogP contribution in [-0.4, -0.2) is 33.7 Å². The minimum atomic E-state index is -0.534. The topological polar surface area (TPSA) is 136 Å². The number of urea groups is 1. The zero-order valence-electron chi connectivity index (χ0n) is 10.6. The molecule has 3 amide bonds. The van der Waals surface area contributed by atoms with Crippen LogP contribution in [0.5, 0.6) is 0 Å². The molecule has 0 unspecified atom stereocenters. The van der Waals surface area contributed by atoms with E-state index in [2.05, 4.69) is 20.6 Å². The molecule has 0 radical (unpaired) electrons. The first-order chi connectivity index (χ1) is 8.86. The Kier molecular flexibility index (Phi) is 5.37. The van der Waals surface area contributed by atoms with Gasteiger partial charge in [0.15, 0.2) is 5.16 Å². The standard InChI is InChI=1S/C10H16N6O2S/c1-5(2)13-9(18)16-8(17)4-19-10-14-6(11)3-7(12)15-10/h3,5H,4H2,1-2H3,(H4,11,12,14,15)(H2,13,16,17,18). The summed E-state index contributed by atoms with van der Waals surface area (Å²) in [4.78, 5) is 30.5. The molecule has 0 saturated carbocycles. The van der Waals surface area contributed by atoms with Crippen LogP contribution >= 0.6 is 11.8 Å². The van der Waals surface area contributed by atoms with Gasteiger partial charge in [-0.3, -0.25) is 10.1 Å². The Labute approximate surface area is 114 Å². The fourth-order valence-electron chi connectivity index (χ4n) is 1.12. The third-order valence-electron chi connectivity index (χ3n) is 1.75. The summed E-state index contributed by atoms with van der Waals surface area (Å²) in [6.45, 7) is 3.59. The van der Waals surface area contributed by atoms with Crippen LogP contribution in [0.4, 0.5) is 16.4 Å². The largest absolute Gasteiger partial charge is 0.383 e. The van der Waals surface area contributed by atoms with Crippen molar-refractivity contribution in [3.63, 3.8) is 0 Å². The van der Waals surface area contributed by atoms with E-state index >= 15 is 0 Å². The normalized spacial score (nSPS) is 10.3. The van der Waals surface area contributed by atoms with Gasteiger partial charge in [0.05, 0.1) is 5.75 Å². The number of hydrogen-bond acceptors (Lipinski definition) is 7. The Hall–Kier alpha value is -2.03. The lowest BCUT2D eigenvalue weighted by Gasteiger charge is -2.08. The molecule has 0 aromatic carbocycles. The van der Waals surface area contributed by atoms with Gasteiger partial charge in [-0.1, -0.05) is 11.8 Å². The number of thioether (sulfide) groups is 1. The van der Waals surface area contributed by atoms with Crippen LogP contribution in [0.3, 0.4) is 0 Å². The van der Waals surface area contributed by atoms with Crippen LogP contribution in [0.25, 0.3) is 0 Å². The molecular weight excluding hydrogens is 268 g/mol. The summed E-state index contributed by atoms with van der Waals surface area (Å²) in [7, 11) is 0. The predicted molar refractivity (Wildman–Crippen MR) is 73.4 cm³/mol. The number of amides is 3. The highest BCUT2D eigenvalue weighted by molar-refractivity contribution is 7.99. The van der Waals surface area contributed by atoms with E-state index in [0.29, 0.717) is 0 Å². The van der Waals surface area contributed by atoms with E-state index in [1.165, 1.54) is 6.07 Å². The van der Waals surface area contributed by atoms with Crippen LogP contribution in [0.15, 0.2) is 11.2 Å². The highest BCUT2D eigenvalue weighted by Crippen LogP contribution is 2.15. The number of nitrogen functional groups attached to an aromatic ring is 2. The van der Waals surface area contributed by atoms with Crippen molar-refractivity contribution in [3.05, 3.63) is 6.07 Å². The van der Waals surface area contributed by atoms with E-state index < -0.39 is 11.9 Å². The van der Waals surface area contributed by atoms with E-state index in [-0.39, 0.29) is 28.6 Å². The molecule has 19 heavy (non-hydrogen) atoms. The Balaban J connectivity index is 2.43. The molecule has 1 aromatic heterocycles. The number of carbonyl (C=O) groups is 2. The SMILES string of the molecule is CC(C)NC(=O)NC(=O)CSc1nc(N)cc(N)n1. The number of anilines is 2. The molecule has 0 atom stereocenters. The summed E-state index contributed by atoms with van der Waals surface area (Å²) < 4.78 is 0. The second-order valence-corrected chi connectivity index (χ2v) is 4.91. The Bertz CT molecular complexity index is 459. The van der Waals surface area contributed by atoms with Crippen molar-refractivity contribution in [3.8, 4) is 0 Å². The summed E-state index contributed by atoms with van der Waals surface area (Å²) in [6, 6.07) is 0.839. The summed E-state index contributed by atoms with van der Waals surface area (Å²) in [6.07, 6.45) is 0. The van der Waals surface area contributed by atoms with E-state index in [1.807, 2.05) is 0 Å². The maximum atomic E-state index is 11.5. The van der Waals surface area contributed by atoms with Crippen LogP contribution in [0.2, 0.25) is 0 Å². The van der Waals surface area contributed by atoms with E-state index in [9.17, 15) is 9.59 Å². The molecule has 6 N–H and O–H groups in total. The number of aromatic nitrogens is 2. The van der Waals surface area contributed by atoms with Gasteiger partial charge in [0.2, 0.25) is 5.91 Å².